The molecule has 0 bridgehead atoms. The lowest BCUT2D eigenvalue weighted by Crippen LogP contribution is -2.35. The van der Waals surface area contributed by atoms with Crippen LogP contribution >= 0.6 is 0 Å². The van der Waals surface area contributed by atoms with Gasteiger partial charge in [-0.2, -0.15) is 0 Å². The highest BCUT2D eigenvalue weighted by atomic mass is 16.2. The van der Waals surface area contributed by atoms with Crippen LogP contribution in [0.5, 0.6) is 0 Å². The van der Waals surface area contributed by atoms with Crippen LogP contribution in [-0.2, 0) is 9.59 Å². The van der Waals surface area contributed by atoms with E-state index >= 15 is 0 Å². The molecule has 0 radical (unpaired) electrons. The van der Waals surface area contributed by atoms with Crippen molar-refractivity contribution in [3.63, 3.8) is 0 Å². The van der Waals surface area contributed by atoms with Gasteiger partial charge >= 0.3 is 0 Å². The molecule has 0 saturated heterocycles. The smallest absolute Gasteiger partial charge is 0.243 e. The Morgan fingerprint density at radius 3 is 2.29 bits per heavy atom. The van der Waals surface area contributed by atoms with Crippen LogP contribution in [0.3, 0.4) is 0 Å². The Hall–Kier alpha value is -2.62. The van der Waals surface area contributed by atoms with E-state index in [1.54, 1.807) is 7.05 Å². The molecule has 126 valence electrons. The Labute approximate surface area is 143 Å². The molecule has 2 rings (SSSR count). The van der Waals surface area contributed by atoms with E-state index in [0.29, 0.717) is 6.42 Å². The number of anilines is 1. The summed E-state index contributed by atoms with van der Waals surface area (Å²) in [6.45, 7) is 4.06. The van der Waals surface area contributed by atoms with Crippen molar-refractivity contribution in [2.75, 3.05) is 18.9 Å². The van der Waals surface area contributed by atoms with Gasteiger partial charge in [-0.1, -0.05) is 55.0 Å². The van der Waals surface area contributed by atoms with Crippen molar-refractivity contribution in [1.29, 1.82) is 0 Å². The first-order chi connectivity index (χ1) is 11.5. The first-order valence-electron chi connectivity index (χ1n) is 8.11. The first kappa shape index (κ1) is 17.7. The molecule has 0 spiro atoms. The Morgan fingerprint density at radius 2 is 1.67 bits per heavy atom. The van der Waals surface area contributed by atoms with E-state index in [0.717, 1.165) is 16.8 Å². The molecule has 4 heteroatoms. The topological polar surface area (TPSA) is 49.4 Å². The van der Waals surface area contributed by atoms with E-state index in [2.05, 4.69) is 5.32 Å². The van der Waals surface area contributed by atoms with Gasteiger partial charge in [-0.3, -0.25) is 9.59 Å². The third-order valence-corrected chi connectivity index (χ3v) is 3.99. The van der Waals surface area contributed by atoms with Crippen LogP contribution in [0.4, 0.5) is 5.69 Å². The van der Waals surface area contributed by atoms with Gasteiger partial charge in [0.25, 0.3) is 0 Å². The largest absolute Gasteiger partial charge is 0.336 e. The van der Waals surface area contributed by atoms with E-state index in [1.807, 2.05) is 68.4 Å². The van der Waals surface area contributed by atoms with Gasteiger partial charge in [-0.15, -0.1) is 0 Å². The van der Waals surface area contributed by atoms with Gasteiger partial charge in [0.15, 0.2) is 0 Å². The maximum absolute atomic E-state index is 12.3. The molecule has 24 heavy (non-hydrogen) atoms. The monoisotopic (exact) mass is 324 g/mol. The molecule has 1 atom stereocenters. The molecule has 0 heterocycles. The van der Waals surface area contributed by atoms with Gasteiger partial charge in [0.1, 0.15) is 0 Å². The fourth-order valence-corrected chi connectivity index (χ4v) is 2.46. The fraction of sp³-hybridized carbons (Fsp3) is 0.300. The SMILES string of the molecule is Cc1ccc(NC(=O)CN(C)C(=O)C[C@H](C)c2ccccc2)cc1. The van der Waals surface area contributed by atoms with Gasteiger partial charge in [-0.05, 0) is 30.5 Å². The minimum atomic E-state index is -0.193. The maximum atomic E-state index is 12.3. The summed E-state index contributed by atoms with van der Waals surface area (Å²) in [5.41, 5.74) is 3.00. The summed E-state index contributed by atoms with van der Waals surface area (Å²) in [7, 11) is 1.66. The Balaban J connectivity index is 1.84. The average molecular weight is 324 g/mol. The van der Waals surface area contributed by atoms with Gasteiger partial charge < -0.3 is 10.2 Å². The number of nitrogens with zero attached hydrogens (tertiary/aromatic N) is 1. The number of hydrogen-bond donors (Lipinski definition) is 1. The third-order valence-electron chi connectivity index (χ3n) is 3.99. The molecule has 0 aliphatic carbocycles. The molecule has 0 aliphatic heterocycles. The molecule has 0 aliphatic rings. The standard InChI is InChI=1S/C20H24N2O2/c1-15-9-11-18(12-10-15)21-19(23)14-22(3)20(24)13-16(2)17-7-5-4-6-8-17/h4-12,16H,13-14H2,1-3H3,(H,21,23)/t16-/m0/s1. The minimum absolute atomic E-state index is 0.0367. The van der Waals surface area contributed by atoms with Crippen LogP contribution in [0.2, 0.25) is 0 Å². The molecule has 2 aromatic rings. The van der Waals surface area contributed by atoms with Crippen LogP contribution in [0.25, 0.3) is 0 Å². The molecule has 2 amide bonds. The number of aryl methyl sites for hydroxylation is 1. The summed E-state index contributed by atoms with van der Waals surface area (Å²) < 4.78 is 0. The number of likely N-dealkylation sites (N-methyl/N-ethyl adjacent to an activating group) is 1. The molecule has 0 fully saturated rings. The van der Waals surface area contributed by atoms with Crippen LogP contribution in [0, 0.1) is 6.92 Å². The van der Waals surface area contributed by atoms with E-state index in [-0.39, 0.29) is 24.3 Å². The highest BCUT2D eigenvalue weighted by molar-refractivity contribution is 5.94. The lowest BCUT2D eigenvalue weighted by atomic mass is 9.97. The Bertz CT molecular complexity index is 681. The number of carbonyl (C=O) groups excluding carboxylic acids is 2. The summed E-state index contributed by atoms with van der Waals surface area (Å²) in [5.74, 6) is -0.103. The molecule has 0 aromatic heterocycles. The molecule has 0 saturated carbocycles. The summed E-state index contributed by atoms with van der Waals surface area (Å²) in [5, 5.41) is 2.81. The van der Waals surface area contributed by atoms with E-state index in [1.165, 1.54) is 4.90 Å². The van der Waals surface area contributed by atoms with Crippen LogP contribution < -0.4 is 5.32 Å². The fourth-order valence-electron chi connectivity index (χ4n) is 2.46. The van der Waals surface area contributed by atoms with E-state index in [4.69, 9.17) is 0 Å². The highest BCUT2D eigenvalue weighted by Gasteiger charge is 2.17. The average Bonchev–Trinajstić information content (AvgIpc) is 2.57. The predicted molar refractivity (Wildman–Crippen MR) is 96.9 cm³/mol. The zero-order chi connectivity index (χ0) is 17.5. The lowest BCUT2D eigenvalue weighted by Gasteiger charge is -2.19. The molecular formula is C20H24N2O2. The van der Waals surface area contributed by atoms with Crippen LogP contribution in [0.15, 0.2) is 54.6 Å². The van der Waals surface area contributed by atoms with Crippen LogP contribution in [0.1, 0.15) is 30.4 Å². The van der Waals surface area contributed by atoms with Crippen molar-refractivity contribution in [1.82, 2.24) is 4.90 Å². The summed E-state index contributed by atoms with van der Waals surface area (Å²) in [4.78, 5) is 25.8. The third kappa shape index (κ3) is 5.23. The highest BCUT2D eigenvalue weighted by Crippen LogP contribution is 2.19. The summed E-state index contributed by atoms with van der Waals surface area (Å²) in [6.07, 6.45) is 0.387. The molecular weight excluding hydrogens is 300 g/mol. The second-order valence-corrected chi connectivity index (χ2v) is 6.18. The molecule has 0 unspecified atom stereocenters. The Morgan fingerprint density at radius 1 is 1.04 bits per heavy atom. The number of carbonyl (C=O) groups is 2. The second-order valence-electron chi connectivity index (χ2n) is 6.18. The number of hydrogen-bond acceptors (Lipinski definition) is 2. The van der Waals surface area contributed by atoms with Gasteiger partial charge in [0.2, 0.25) is 11.8 Å². The summed E-state index contributed by atoms with van der Waals surface area (Å²) in [6, 6.07) is 17.5. The zero-order valence-electron chi connectivity index (χ0n) is 14.5. The predicted octanol–water partition coefficient (Wildman–Crippen LogP) is 3.59. The molecule has 1 N–H and O–H groups in total. The number of benzene rings is 2. The quantitative estimate of drug-likeness (QED) is 0.883. The van der Waals surface area contributed by atoms with Crippen LogP contribution in [-0.4, -0.2) is 30.3 Å². The van der Waals surface area contributed by atoms with E-state index < -0.39 is 0 Å². The van der Waals surface area contributed by atoms with Crippen molar-refractivity contribution < 1.29 is 9.59 Å². The lowest BCUT2D eigenvalue weighted by molar-refractivity contribution is -0.133. The minimum Gasteiger partial charge on any atom is -0.336 e. The molecule has 4 nitrogen and oxygen atoms in total. The second kappa shape index (κ2) is 8.29. The number of amides is 2. The number of rotatable bonds is 6. The van der Waals surface area contributed by atoms with Gasteiger partial charge in [0, 0.05) is 19.2 Å². The van der Waals surface area contributed by atoms with Crippen molar-refractivity contribution in [3.05, 3.63) is 65.7 Å². The van der Waals surface area contributed by atoms with E-state index in [9.17, 15) is 9.59 Å². The zero-order valence-corrected chi connectivity index (χ0v) is 14.5. The van der Waals surface area contributed by atoms with Crippen molar-refractivity contribution in [2.45, 2.75) is 26.2 Å². The first-order valence-corrected chi connectivity index (χ1v) is 8.11. The summed E-state index contributed by atoms with van der Waals surface area (Å²) >= 11 is 0. The van der Waals surface area contributed by atoms with Gasteiger partial charge in [-0.25, -0.2) is 0 Å². The Kier molecular flexibility index (Phi) is 6.13. The normalized spacial score (nSPS) is 11.6. The van der Waals surface area contributed by atoms with Gasteiger partial charge in [0.05, 0.1) is 6.54 Å². The number of nitrogens with one attached hydrogen (secondary N) is 1. The van der Waals surface area contributed by atoms with Crippen molar-refractivity contribution in [3.8, 4) is 0 Å². The molecule has 2 aromatic carbocycles. The van der Waals surface area contributed by atoms with Crippen molar-refractivity contribution >= 4 is 17.5 Å². The maximum Gasteiger partial charge on any atom is 0.243 e. The van der Waals surface area contributed by atoms with Crippen molar-refractivity contribution in [2.24, 2.45) is 0 Å².